The van der Waals surface area contributed by atoms with Gasteiger partial charge in [0.05, 0.1) is 30.3 Å². The summed E-state index contributed by atoms with van der Waals surface area (Å²) in [6.45, 7) is 7.48. The second-order valence-corrected chi connectivity index (χ2v) is 8.53. The summed E-state index contributed by atoms with van der Waals surface area (Å²) >= 11 is 3.63. The molecule has 0 heterocycles. The first kappa shape index (κ1) is 23.5. The minimum atomic E-state index is -0.334. The molecule has 6 heteroatoms. The number of rotatable bonds is 10. The van der Waals surface area contributed by atoms with Gasteiger partial charge in [-0.3, -0.25) is 4.99 Å². The van der Waals surface area contributed by atoms with Gasteiger partial charge in [-0.25, -0.2) is 0 Å². The Labute approximate surface area is 181 Å². The quantitative estimate of drug-likeness (QED) is 0.309. The van der Waals surface area contributed by atoms with Crippen LogP contribution in [-0.4, -0.2) is 45.0 Å². The SMILES string of the molecule is COCCOCOc1c(Br)cc(C(C)(C)C)cc1/C=N/C(CO)c1ccccc1. The maximum absolute atomic E-state index is 9.80. The standard InChI is InChI=1S/C23H30BrNO4/c1-23(2,3)19-12-18(14-25-21(15-26)17-8-6-5-7-9-17)22(20(24)13-19)29-16-28-11-10-27-4/h5-9,12-14,21,26H,10-11,15-16H2,1-4H3/b25-14+. The van der Waals surface area contributed by atoms with E-state index in [1.807, 2.05) is 30.3 Å². The van der Waals surface area contributed by atoms with Gasteiger partial charge in [0.15, 0.2) is 6.79 Å². The fourth-order valence-corrected chi connectivity index (χ4v) is 3.27. The highest BCUT2D eigenvalue weighted by molar-refractivity contribution is 9.10. The predicted molar refractivity (Wildman–Crippen MR) is 120 cm³/mol. The molecule has 0 aliphatic heterocycles. The molecule has 0 saturated heterocycles. The lowest BCUT2D eigenvalue weighted by molar-refractivity contribution is -0.00886. The third-order valence-corrected chi connectivity index (χ3v) is 5.00. The van der Waals surface area contributed by atoms with Crippen LogP contribution in [0.2, 0.25) is 0 Å². The normalized spacial score (nSPS) is 13.0. The van der Waals surface area contributed by atoms with Crippen molar-refractivity contribution in [3.8, 4) is 5.75 Å². The molecule has 0 saturated carbocycles. The van der Waals surface area contributed by atoms with Gasteiger partial charge in [0, 0.05) is 18.9 Å². The van der Waals surface area contributed by atoms with Crippen LogP contribution in [0.1, 0.15) is 43.5 Å². The highest BCUT2D eigenvalue weighted by Crippen LogP contribution is 2.35. The van der Waals surface area contributed by atoms with Crippen LogP contribution in [0.5, 0.6) is 5.75 Å². The van der Waals surface area contributed by atoms with Crippen LogP contribution in [0.25, 0.3) is 0 Å². The molecule has 2 rings (SSSR count). The minimum absolute atomic E-state index is 0.0333. The first-order chi connectivity index (χ1) is 13.9. The smallest absolute Gasteiger partial charge is 0.189 e. The lowest BCUT2D eigenvalue weighted by Crippen LogP contribution is -2.13. The lowest BCUT2D eigenvalue weighted by Gasteiger charge is -2.22. The van der Waals surface area contributed by atoms with E-state index in [-0.39, 0.29) is 24.9 Å². The molecule has 2 aromatic rings. The molecule has 0 amide bonds. The van der Waals surface area contributed by atoms with Crippen LogP contribution in [-0.2, 0) is 14.9 Å². The van der Waals surface area contributed by atoms with Gasteiger partial charge in [-0.2, -0.15) is 0 Å². The van der Waals surface area contributed by atoms with Gasteiger partial charge in [0.1, 0.15) is 5.75 Å². The summed E-state index contributed by atoms with van der Waals surface area (Å²) in [5, 5.41) is 9.80. The summed E-state index contributed by atoms with van der Waals surface area (Å²) in [4.78, 5) is 4.63. The van der Waals surface area contributed by atoms with Gasteiger partial charge < -0.3 is 19.3 Å². The molecule has 0 aromatic heterocycles. The average Bonchev–Trinajstić information content (AvgIpc) is 2.69. The monoisotopic (exact) mass is 463 g/mol. The van der Waals surface area contributed by atoms with E-state index in [1.54, 1.807) is 13.3 Å². The molecule has 0 aliphatic rings. The molecule has 5 nitrogen and oxygen atoms in total. The maximum atomic E-state index is 9.80. The molecular formula is C23H30BrNO4. The minimum Gasteiger partial charge on any atom is -0.466 e. The molecule has 0 bridgehead atoms. The van der Waals surface area contributed by atoms with Crippen LogP contribution in [0.4, 0.5) is 0 Å². The number of hydrogen-bond acceptors (Lipinski definition) is 5. The zero-order valence-electron chi connectivity index (χ0n) is 17.5. The Bertz CT molecular complexity index is 787. The van der Waals surface area contributed by atoms with E-state index in [9.17, 15) is 5.11 Å². The van der Waals surface area contributed by atoms with Gasteiger partial charge >= 0.3 is 0 Å². The van der Waals surface area contributed by atoms with Crippen LogP contribution >= 0.6 is 15.9 Å². The zero-order chi connectivity index (χ0) is 21.3. The number of aliphatic imine (C=N–C) groups is 1. The van der Waals surface area contributed by atoms with E-state index in [0.29, 0.717) is 19.0 Å². The summed E-state index contributed by atoms with van der Waals surface area (Å²) in [7, 11) is 1.63. The Morgan fingerprint density at radius 2 is 1.86 bits per heavy atom. The molecule has 0 aliphatic carbocycles. The summed E-state index contributed by atoms with van der Waals surface area (Å²) in [6.07, 6.45) is 1.76. The first-order valence-corrected chi connectivity index (χ1v) is 10.4. The second kappa shape index (κ2) is 11.5. The van der Waals surface area contributed by atoms with Crippen LogP contribution in [0.15, 0.2) is 51.9 Å². The molecule has 29 heavy (non-hydrogen) atoms. The number of benzene rings is 2. The highest BCUT2D eigenvalue weighted by atomic mass is 79.9. The zero-order valence-corrected chi connectivity index (χ0v) is 19.1. The Morgan fingerprint density at radius 3 is 2.48 bits per heavy atom. The fourth-order valence-electron chi connectivity index (χ4n) is 2.68. The first-order valence-electron chi connectivity index (χ1n) is 9.59. The summed E-state index contributed by atoms with van der Waals surface area (Å²) in [6, 6.07) is 13.5. The molecule has 1 unspecified atom stereocenters. The number of aliphatic hydroxyl groups is 1. The Balaban J connectivity index is 2.31. The Hall–Kier alpha value is -1.73. The molecular weight excluding hydrogens is 434 g/mol. The molecule has 158 valence electrons. The van der Waals surface area contributed by atoms with Crippen LogP contribution < -0.4 is 4.74 Å². The van der Waals surface area contributed by atoms with Crippen molar-refractivity contribution in [3.05, 3.63) is 63.6 Å². The fraction of sp³-hybridized carbons (Fsp3) is 0.435. The van der Waals surface area contributed by atoms with Crippen molar-refractivity contribution in [3.63, 3.8) is 0 Å². The third-order valence-electron chi connectivity index (χ3n) is 4.41. The summed E-state index contributed by atoms with van der Waals surface area (Å²) in [5.74, 6) is 0.656. The number of ether oxygens (including phenoxy) is 3. The summed E-state index contributed by atoms with van der Waals surface area (Å²) < 4.78 is 17.1. The van der Waals surface area contributed by atoms with Crippen molar-refractivity contribution in [2.75, 3.05) is 33.7 Å². The second-order valence-electron chi connectivity index (χ2n) is 7.68. The Morgan fingerprint density at radius 1 is 1.14 bits per heavy atom. The lowest BCUT2D eigenvalue weighted by atomic mass is 9.86. The van der Waals surface area contributed by atoms with Crippen molar-refractivity contribution in [1.82, 2.24) is 0 Å². The van der Waals surface area contributed by atoms with E-state index in [4.69, 9.17) is 14.2 Å². The number of halogens is 1. The molecule has 0 fully saturated rings. The number of aliphatic hydroxyl groups excluding tert-OH is 1. The molecule has 2 aromatic carbocycles. The maximum Gasteiger partial charge on any atom is 0.189 e. The topological polar surface area (TPSA) is 60.3 Å². The van der Waals surface area contributed by atoms with Crippen LogP contribution in [0, 0.1) is 0 Å². The van der Waals surface area contributed by atoms with E-state index >= 15 is 0 Å². The van der Waals surface area contributed by atoms with Crippen molar-refractivity contribution in [2.45, 2.75) is 32.2 Å². The van der Waals surface area contributed by atoms with Gasteiger partial charge in [0.25, 0.3) is 0 Å². The van der Waals surface area contributed by atoms with Gasteiger partial charge in [0.2, 0.25) is 0 Å². The van der Waals surface area contributed by atoms with Crippen LogP contribution in [0.3, 0.4) is 0 Å². The van der Waals surface area contributed by atoms with Crippen molar-refractivity contribution in [1.29, 1.82) is 0 Å². The van der Waals surface area contributed by atoms with Gasteiger partial charge in [-0.1, -0.05) is 51.1 Å². The van der Waals surface area contributed by atoms with E-state index in [2.05, 4.69) is 53.8 Å². The van der Waals surface area contributed by atoms with Crippen molar-refractivity contribution in [2.24, 2.45) is 4.99 Å². The predicted octanol–water partition coefficient (Wildman–Crippen LogP) is 4.90. The third kappa shape index (κ3) is 7.23. The van der Waals surface area contributed by atoms with Crippen molar-refractivity contribution >= 4 is 22.1 Å². The molecule has 1 N–H and O–H groups in total. The average molecular weight is 464 g/mol. The molecule has 0 radical (unpaired) electrons. The van der Waals surface area contributed by atoms with E-state index < -0.39 is 0 Å². The molecule has 0 spiro atoms. The van der Waals surface area contributed by atoms with E-state index in [1.165, 1.54) is 0 Å². The Kier molecular flexibility index (Phi) is 9.30. The van der Waals surface area contributed by atoms with Gasteiger partial charge in [-0.05, 0) is 44.6 Å². The van der Waals surface area contributed by atoms with Crippen molar-refractivity contribution < 1.29 is 19.3 Å². The highest BCUT2D eigenvalue weighted by Gasteiger charge is 2.19. The number of nitrogens with zero attached hydrogens (tertiary/aromatic N) is 1. The molecule has 1 atom stereocenters. The number of methoxy groups -OCH3 is 1. The number of hydrogen-bond donors (Lipinski definition) is 1. The van der Waals surface area contributed by atoms with E-state index in [0.717, 1.165) is 21.2 Å². The largest absolute Gasteiger partial charge is 0.466 e. The van der Waals surface area contributed by atoms with Gasteiger partial charge in [-0.15, -0.1) is 0 Å². The summed E-state index contributed by atoms with van der Waals surface area (Å²) in [5.41, 5.74) is 2.91.